The first kappa shape index (κ1) is 19.7. The largest absolute Gasteiger partial charge is 0.461 e. The molecule has 138 valence electrons. The van der Waals surface area contributed by atoms with E-state index < -0.39 is 16.1 Å². The maximum atomic E-state index is 12.3. The number of carbonyl (C=O) groups excluding carboxylic acids is 1. The zero-order valence-corrected chi connectivity index (χ0v) is 15.5. The molecule has 0 saturated carbocycles. The van der Waals surface area contributed by atoms with Crippen molar-refractivity contribution in [2.45, 2.75) is 31.6 Å². The lowest BCUT2D eigenvalue weighted by Gasteiger charge is -2.08. The van der Waals surface area contributed by atoms with Crippen LogP contribution in [0.3, 0.4) is 0 Å². The Labute approximate surface area is 153 Å². The number of nitrogens with zero attached hydrogens (tertiary/aromatic N) is 1. The van der Waals surface area contributed by atoms with Gasteiger partial charge in [0.05, 0.1) is 6.61 Å². The molecule has 0 aromatic heterocycles. The molecule has 0 saturated heterocycles. The third kappa shape index (κ3) is 5.42. The first-order chi connectivity index (χ1) is 12.4. The minimum Gasteiger partial charge on any atom is -0.461 e. The number of oxime groups is 1. The minimum atomic E-state index is -4.13. The molecule has 7 heteroatoms. The summed E-state index contributed by atoms with van der Waals surface area (Å²) in [5.41, 5.74) is 1.13. The molecule has 0 heterocycles. The van der Waals surface area contributed by atoms with Crippen molar-refractivity contribution in [3.05, 3.63) is 65.7 Å². The van der Waals surface area contributed by atoms with Gasteiger partial charge in [0.15, 0.2) is 5.71 Å². The van der Waals surface area contributed by atoms with Gasteiger partial charge >= 0.3 is 16.1 Å². The molecule has 0 unspecified atom stereocenters. The fraction of sp³-hybridized carbons (Fsp3) is 0.263. The van der Waals surface area contributed by atoms with Crippen LogP contribution in [0.4, 0.5) is 0 Å². The Morgan fingerprint density at radius 2 is 1.69 bits per heavy atom. The van der Waals surface area contributed by atoms with Gasteiger partial charge in [-0.25, -0.2) is 4.79 Å². The summed E-state index contributed by atoms with van der Waals surface area (Å²) in [6.45, 7) is 4.04. The Kier molecular flexibility index (Phi) is 6.91. The predicted octanol–water partition coefficient (Wildman–Crippen LogP) is 3.45. The average Bonchev–Trinajstić information content (AvgIpc) is 2.63. The monoisotopic (exact) mass is 375 g/mol. The first-order valence-electron chi connectivity index (χ1n) is 8.25. The smallest absolute Gasteiger partial charge is 0.361 e. The molecule has 0 aliphatic heterocycles. The van der Waals surface area contributed by atoms with Crippen LogP contribution in [0.15, 0.2) is 64.6 Å². The van der Waals surface area contributed by atoms with Crippen molar-refractivity contribution in [1.82, 2.24) is 0 Å². The second-order valence-electron chi connectivity index (χ2n) is 5.64. The zero-order valence-electron chi connectivity index (χ0n) is 14.7. The van der Waals surface area contributed by atoms with Gasteiger partial charge in [0.2, 0.25) is 0 Å². The van der Waals surface area contributed by atoms with E-state index in [1.54, 1.807) is 42.5 Å². The summed E-state index contributed by atoms with van der Waals surface area (Å²) >= 11 is 0. The lowest BCUT2D eigenvalue weighted by Crippen LogP contribution is -2.20. The second kappa shape index (κ2) is 9.15. The Morgan fingerprint density at radius 1 is 1.04 bits per heavy atom. The van der Waals surface area contributed by atoms with Crippen LogP contribution in [0.25, 0.3) is 0 Å². The van der Waals surface area contributed by atoms with E-state index >= 15 is 0 Å². The molecule has 0 radical (unpaired) electrons. The van der Waals surface area contributed by atoms with Gasteiger partial charge in [-0.1, -0.05) is 66.5 Å². The molecule has 2 aromatic rings. The van der Waals surface area contributed by atoms with E-state index in [0.29, 0.717) is 12.0 Å². The predicted molar refractivity (Wildman–Crippen MR) is 98.3 cm³/mol. The zero-order chi connectivity index (χ0) is 19.0. The number of carbonyl (C=O) groups is 1. The Hall–Kier alpha value is -2.67. The number of benzene rings is 2. The van der Waals surface area contributed by atoms with Crippen molar-refractivity contribution >= 4 is 21.8 Å². The van der Waals surface area contributed by atoms with Crippen molar-refractivity contribution in [2.24, 2.45) is 5.16 Å². The van der Waals surface area contributed by atoms with Gasteiger partial charge in [0.1, 0.15) is 4.90 Å². The Bertz CT molecular complexity index is 859. The van der Waals surface area contributed by atoms with E-state index in [1.807, 2.05) is 13.8 Å². The lowest BCUT2D eigenvalue weighted by molar-refractivity contribution is -0.135. The van der Waals surface area contributed by atoms with Crippen molar-refractivity contribution in [1.29, 1.82) is 0 Å². The molecule has 0 fully saturated rings. The first-order valence-corrected chi connectivity index (χ1v) is 9.65. The Morgan fingerprint density at radius 3 is 2.31 bits per heavy atom. The molecule has 2 rings (SSSR count). The summed E-state index contributed by atoms with van der Waals surface area (Å²) in [5, 5.41) is 3.60. The number of ether oxygens (including phenoxy) is 1. The van der Waals surface area contributed by atoms with E-state index in [9.17, 15) is 13.2 Å². The summed E-state index contributed by atoms with van der Waals surface area (Å²) in [7, 11) is -4.13. The molecule has 6 nitrogen and oxygen atoms in total. The molecule has 0 spiro atoms. The highest BCUT2D eigenvalue weighted by molar-refractivity contribution is 7.86. The van der Waals surface area contributed by atoms with Crippen molar-refractivity contribution in [2.75, 3.05) is 6.61 Å². The molecular weight excluding hydrogens is 354 g/mol. The van der Waals surface area contributed by atoms with Crippen molar-refractivity contribution in [3.63, 3.8) is 0 Å². The normalized spacial score (nSPS) is 11.8. The molecule has 0 bridgehead atoms. The van der Waals surface area contributed by atoms with Gasteiger partial charge in [-0.15, -0.1) is 0 Å². The third-order valence-electron chi connectivity index (χ3n) is 3.51. The number of aryl methyl sites for hydroxylation is 1. The van der Waals surface area contributed by atoms with Gasteiger partial charge in [0.25, 0.3) is 0 Å². The fourth-order valence-electron chi connectivity index (χ4n) is 2.02. The second-order valence-corrected chi connectivity index (χ2v) is 7.17. The maximum absolute atomic E-state index is 12.3. The van der Waals surface area contributed by atoms with Crippen LogP contribution in [0, 0.1) is 6.92 Å². The summed E-state index contributed by atoms with van der Waals surface area (Å²) in [6, 6.07) is 14.6. The standard InChI is InChI=1S/C19H21NO5S/c1-3-4-14-24-19(21)18(16-8-6-5-7-9-16)20-25-26(22,23)17-12-10-15(2)11-13-17/h5-13H,3-4,14H2,1-2H3. The fourth-order valence-corrected chi connectivity index (χ4v) is 2.74. The number of hydrogen-bond acceptors (Lipinski definition) is 6. The number of rotatable bonds is 8. The van der Waals surface area contributed by atoms with Crippen LogP contribution >= 0.6 is 0 Å². The van der Waals surface area contributed by atoms with Gasteiger partial charge in [0, 0.05) is 5.56 Å². The summed E-state index contributed by atoms with van der Waals surface area (Å²) in [4.78, 5) is 12.2. The highest BCUT2D eigenvalue weighted by Crippen LogP contribution is 2.14. The highest BCUT2D eigenvalue weighted by Gasteiger charge is 2.21. The minimum absolute atomic E-state index is 0.0430. The van der Waals surface area contributed by atoms with Crippen LogP contribution < -0.4 is 0 Å². The van der Waals surface area contributed by atoms with Crippen LogP contribution in [-0.2, 0) is 23.9 Å². The molecule has 0 aliphatic rings. The number of esters is 1. The van der Waals surface area contributed by atoms with Crippen LogP contribution in [-0.4, -0.2) is 26.7 Å². The molecular formula is C19H21NO5S. The molecule has 0 amide bonds. The topological polar surface area (TPSA) is 82.0 Å². The molecule has 2 aromatic carbocycles. The SMILES string of the molecule is CCCCOC(=O)C(=NOS(=O)(=O)c1ccc(C)cc1)c1ccccc1. The van der Waals surface area contributed by atoms with E-state index in [1.165, 1.54) is 12.1 Å². The van der Waals surface area contributed by atoms with E-state index in [0.717, 1.165) is 12.0 Å². The number of hydrogen-bond donors (Lipinski definition) is 0. The van der Waals surface area contributed by atoms with Gasteiger partial charge in [-0.2, -0.15) is 8.42 Å². The van der Waals surface area contributed by atoms with Crippen LogP contribution in [0.1, 0.15) is 30.9 Å². The molecule has 0 N–H and O–H groups in total. The summed E-state index contributed by atoms with van der Waals surface area (Å²) in [5.74, 6) is -0.733. The van der Waals surface area contributed by atoms with Crippen molar-refractivity contribution < 1.29 is 22.2 Å². The summed E-state index contributed by atoms with van der Waals surface area (Å²) < 4.78 is 34.5. The van der Waals surface area contributed by atoms with Crippen LogP contribution in [0.2, 0.25) is 0 Å². The summed E-state index contributed by atoms with van der Waals surface area (Å²) in [6.07, 6.45) is 1.57. The lowest BCUT2D eigenvalue weighted by atomic mass is 10.1. The van der Waals surface area contributed by atoms with E-state index in [2.05, 4.69) is 5.16 Å². The van der Waals surface area contributed by atoms with E-state index in [-0.39, 0.29) is 17.2 Å². The Balaban J connectivity index is 2.26. The van der Waals surface area contributed by atoms with E-state index in [4.69, 9.17) is 9.02 Å². The highest BCUT2D eigenvalue weighted by atomic mass is 32.2. The quantitative estimate of drug-likeness (QED) is 0.305. The van der Waals surface area contributed by atoms with Gasteiger partial charge in [-0.3, -0.25) is 4.28 Å². The molecule has 0 atom stereocenters. The maximum Gasteiger partial charge on any atom is 0.361 e. The van der Waals surface area contributed by atoms with Gasteiger partial charge < -0.3 is 4.74 Å². The molecule has 0 aliphatic carbocycles. The van der Waals surface area contributed by atoms with Gasteiger partial charge in [-0.05, 0) is 25.5 Å². The average molecular weight is 375 g/mol. The third-order valence-corrected chi connectivity index (χ3v) is 4.63. The van der Waals surface area contributed by atoms with Crippen molar-refractivity contribution in [3.8, 4) is 0 Å². The molecule has 26 heavy (non-hydrogen) atoms. The number of unbranched alkanes of at least 4 members (excludes halogenated alkanes) is 1. The van der Waals surface area contributed by atoms with Crippen LogP contribution in [0.5, 0.6) is 0 Å².